The smallest absolute Gasteiger partial charge is 0.265 e. The second-order valence-corrected chi connectivity index (χ2v) is 11.6. The van der Waals surface area contributed by atoms with E-state index in [1.807, 2.05) is 0 Å². The maximum Gasteiger partial charge on any atom is 0.419 e. The molecule has 0 radical (unpaired) electrons. The summed E-state index contributed by atoms with van der Waals surface area (Å²) in [4.78, 5) is 5.36. The number of hydrogen-bond donors (Lipinski definition) is 2. The zero-order valence-corrected chi connectivity index (χ0v) is 22.6. The van der Waals surface area contributed by atoms with Crippen molar-refractivity contribution in [2.24, 2.45) is 9.98 Å². The monoisotopic (exact) mass is 628 g/mol. The van der Waals surface area contributed by atoms with Crippen LogP contribution in [0.5, 0.6) is 0 Å². The van der Waals surface area contributed by atoms with E-state index in [-0.39, 0.29) is 11.6 Å². The number of halogens is 8. The molecule has 0 saturated carbocycles. The number of aliphatic imine (C=N–C) groups is 2. The first kappa shape index (κ1) is 27.9. The molecular formula is C26H16Cl2F6N6S. The normalized spacial score (nSPS) is 25.5. The Kier molecular flexibility index (Phi) is 6.58. The fourth-order valence-corrected chi connectivity index (χ4v) is 6.55. The molecule has 0 fully saturated rings. The Morgan fingerprint density at radius 3 is 1.46 bits per heavy atom. The van der Waals surface area contributed by atoms with Gasteiger partial charge in [0.15, 0.2) is 0 Å². The van der Waals surface area contributed by atoms with Crippen LogP contribution in [0.1, 0.15) is 11.1 Å². The summed E-state index contributed by atoms with van der Waals surface area (Å²) < 4.78 is 81.1. The molecule has 15 heteroatoms. The van der Waals surface area contributed by atoms with Gasteiger partial charge >= 0.3 is 12.4 Å². The maximum atomic E-state index is 13.5. The van der Waals surface area contributed by atoms with E-state index in [0.29, 0.717) is 21.2 Å². The predicted molar refractivity (Wildman–Crippen MR) is 145 cm³/mol. The molecule has 0 saturated heterocycles. The molecule has 4 heterocycles. The third-order valence-corrected chi connectivity index (χ3v) is 8.43. The van der Waals surface area contributed by atoms with E-state index in [0.717, 1.165) is 46.6 Å². The minimum atomic E-state index is -4.64. The van der Waals surface area contributed by atoms with Gasteiger partial charge in [-0.1, -0.05) is 59.2 Å². The largest absolute Gasteiger partial charge is 0.419 e. The van der Waals surface area contributed by atoms with Crippen LogP contribution in [0.3, 0.4) is 0 Å². The Hall–Kier alpha value is -3.23. The highest BCUT2D eigenvalue weighted by atomic mass is 35.5. The van der Waals surface area contributed by atoms with Crippen LogP contribution in [-0.4, -0.2) is 34.8 Å². The lowest BCUT2D eigenvalue weighted by atomic mass is 10.1. The summed E-state index contributed by atoms with van der Waals surface area (Å²) in [6.45, 7) is 0. The fraction of sp³-hybridized carbons (Fsp3) is 0.154. The average Bonchev–Trinajstić information content (AvgIpc) is 3.45. The summed E-state index contributed by atoms with van der Waals surface area (Å²) in [5, 5.41) is 3.02. The van der Waals surface area contributed by atoms with Crippen molar-refractivity contribution < 1.29 is 26.3 Å². The van der Waals surface area contributed by atoms with Gasteiger partial charge < -0.3 is 0 Å². The summed E-state index contributed by atoms with van der Waals surface area (Å²) in [6.07, 6.45) is -2.84. The maximum absolute atomic E-state index is 13.5. The Balaban J connectivity index is 1.49. The number of thioether (sulfide) groups is 1. The van der Waals surface area contributed by atoms with E-state index < -0.39 is 33.2 Å². The summed E-state index contributed by atoms with van der Waals surface area (Å²) >= 11 is 13.8. The van der Waals surface area contributed by atoms with Crippen LogP contribution in [0.2, 0.25) is 10.0 Å². The van der Waals surface area contributed by atoms with Gasteiger partial charge in [-0.05, 0) is 47.5 Å². The van der Waals surface area contributed by atoms with Gasteiger partial charge in [-0.3, -0.25) is 10.0 Å². The summed E-state index contributed by atoms with van der Waals surface area (Å²) in [7, 11) is 0. The number of hydrogen-bond acceptors (Lipinski definition) is 7. The van der Waals surface area contributed by atoms with Gasteiger partial charge in [0, 0.05) is 34.9 Å². The van der Waals surface area contributed by atoms with Crippen molar-refractivity contribution in [1.29, 1.82) is 0 Å². The Bertz CT molecular complexity index is 1500. The van der Waals surface area contributed by atoms with Crippen LogP contribution in [0.4, 0.5) is 26.3 Å². The van der Waals surface area contributed by atoms with Crippen LogP contribution < -0.4 is 10.9 Å². The van der Waals surface area contributed by atoms with Gasteiger partial charge in [-0.2, -0.15) is 26.3 Å². The van der Waals surface area contributed by atoms with Crippen molar-refractivity contribution in [3.63, 3.8) is 0 Å². The number of nitrogens with zero attached hydrogens (tertiary/aromatic N) is 4. The minimum absolute atomic E-state index is 0.173. The molecular weight excluding hydrogens is 613 g/mol. The molecule has 2 N–H and O–H groups in total. The van der Waals surface area contributed by atoms with E-state index in [9.17, 15) is 26.3 Å². The van der Waals surface area contributed by atoms with Gasteiger partial charge in [-0.25, -0.2) is 20.8 Å². The number of hydrazine groups is 2. The SMILES string of the molecule is FC(F)(F)C1=CN2NC(SC3(c4cccc(Cl)c4)C=C4N=CC(C(F)(F)F)=CN4N3)(c3cccc(Cl)c3)C=C2N=C1. The highest BCUT2D eigenvalue weighted by Crippen LogP contribution is 2.54. The van der Waals surface area contributed by atoms with Crippen LogP contribution in [0, 0.1) is 0 Å². The summed E-state index contributed by atoms with van der Waals surface area (Å²) in [5.41, 5.74) is 5.33. The Morgan fingerprint density at radius 2 is 1.10 bits per heavy atom. The van der Waals surface area contributed by atoms with Crippen LogP contribution >= 0.6 is 35.0 Å². The second kappa shape index (κ2) is 9.66. The minimum Gasteiger partial charge on any atom is -0.265 e. The van der Waals surface area contributed by atoms with Gasteiger partial charge in [0.25, 0.3) is 0 Å². The molecule has 2 atom stereocenters. The zero-order chi connectivity index (χ0) is 29.2. The predicted octanol–water partition coefficient (Wildman–Crippen LogP) is 7.12. The molecule has 212 valence electrons. The molecule has 4 aliphatic rings. The van der Waals surface area contributed by atoms with Crippen molar-refractivity contribution in [2.45, 2.75) is 22.1 Å². The van der Waals surface area contributed by atoms with Crippen molar-refractivity contribution in [1.82, 2.24) is 20.9 Å². The van der Waals surface area contributed by atoms with Crippen molar-refractivity contribution in [3.05, 3.63) is 117 Å². The molecule has 0 bridgehead atoms. The number of nitrogens with one attached hydrogen (secondary N) is 2. The van der Waals surface area contributed by atoms with Gasteiger partial charge in [0.2, 0.25) is 0 Å². The first-order chi connectivity index (χ1) is 19.3. The van der Waals surface area contributed by atoms with Crippen molar-refractivity contribution in [2.75, 3.05) is 0 Å². The average molecular weight is 629 g/mol. The molecule has 4 aliphatic heterocycles. The highest BCUT2D eigenvalue weighted by Gasteiger charge is 2.51. The lowest BCUT2D eigenvalue weighted by Gasteiger charge is -2.39. The van der Waals surface area contributed by atoms with E-state index in [1.165, 1.54) is 0 Å². The second-order valence-electron chi connectivity index (χ2n) is 9.24. The van der Waals surface area contributed by atoms with Crippen LogP contribution in [0.15, 0.2) is 106 Å². The lowest BCUT2D eigenvalue weighted by molar-refractivity contribution is -0.0878. The Morgan fingerprint density at radius 1 is 0.683 bits per heavy atom. The summed E-state index contributed by atoms with van der Waals surface area (Å²) in [5.74, 6) is 0.347. The van der Waals surface area contributed by atoms with Gasteiger partial charge in [0.05, 0.1) is 11.1 Å². The molecule has 0 aliphatic carbocycles. The van der Waals surface area contributed by atoms with Crippen molar-refractivity contribution in [3.8, 4) is 0 Å². The standard InChI is InChI=1S/C26H16Cl2F6N6S/c27-19-5-1-3-15(7-19)23(9-21-35-11-17(25(29,30)31)13-39(21)37-23)41-24(16-4-2-6-20(28)8-16)10-22-36-12-18(26(32,33)34)14-40(22)38-24/h1-14,37-38H. The van der Waals surface area contributed by atoms with Crippen molar-refractivity contribution >= 4 is 47.4 Å². The van der Waals surface area contributed by atoms with Gasteiger partial charge in [-0.15, -0.1) is 0 Å². The topological polar surface area (TPSA) is 55.3 Å². The molecule has 6 rings (SSSR count). The van der Waals surface area contributed by atoms with Crippen LogP contribution in [-0.2, 0) is 9.74 Å². The Labute approximate surface area is 243 Å². The van der Waals surface area contributed by atoms with E-state index in [4.69, 9.17) is 23.2 Å². The molecule has 0 spiro atoms. The molecule has 0 aromatic heterocycles. The molecule has 6 nitrogen and oxygen atoms in total. The van der Waals surface area contributed by atoms with E-state index in [1.54, 1.807) is 60.7 Å². The number of alkyl halides is 6. The number of rotatable bonds is 4. The number of benzene rings is 2. The third-order valence-electron chi connectivity index (χ3n) is 6.42. The molecule has 2 unspecified atom stereocenters. The zero-order valence-electron chi connectivity index (χ0n) is 20.3. The molecule has 41 heavy (non-hydrogen) atoms. The molecule has 2 aromatic rings. The van der Waals surface area contributed by atoms with E-state index >= 15 is 0 Å². The number of fused-ring (bicyclic) bond motifs is 2. The molecule has 0 amide bonds. The highest BCUT2D eigenvalue weighted by molar-refractivity contribution is 8.01. The van der Waals surface area contributed by atoms with E-state index in [2.05, 4.69) is 20.8 Å². The molecule has 2 aromatic carbocycles. The first-order valence-electron chi connectivity index (χ1n) is 11.7. The quantitative estimate of drug-likeness (QED) is 0.353. The lowest BCUT2D eigenvalue weighted by Crippen LogP contribution is -2.48. The third kappa shape index (κ3) is 5.17. The fourth-order valence-electron chi connectivity index (χ4n) is 4.56. The van der Waals surface area contributed by atoms with Gasteiger partial charge in [0.1, 0.15) is 21.4 Å². The summed E-state index contributed by atoms with van der Waals surface area (Å²) in [6, 6.07) is 13.3. The number of allylic oxidation sites excluding steroid dienone is 2. The van der Waals surface area contributed by atoms with Crippen LogP contribution in [0.25, 0.3) is 0 Å². The first-order valence-corrected chi connectivity index (χ1v) is 13.3.